The number of ketones is 1. The van der Waals surface area contributed by atoms with Gasteiger partial charge in [-0.05, 0) is 43.4 Å². The first-order valence-corrected chi connectivity index (χ1v) is 9.64. The molecule has 26 heavy (non-hydrogen) atoms. The highest BCUT2D eigenvalue weighted by Gasteiger charge is 2.33. The lowest BCUT2D eigenvalue weighted by Gasteiger charge is -2.35. The third-order valence-corrected chi connectivity index (χ3v) is 5.77. The number of fused-ring (bicyclic) bond motifs is 1. The zero-order valence-corrected chi connectivity index (χ0v) is 15.9. The van der Waals surface area contributed by atoms with Crippen LogP contribution in [0.4, 0.5) is 0 Å². The number of nitrogens with zero attached hydrogens (tertiary/aromatic N) is 1. The molecule has 0 radical (unpaired) electrons. The molecule has 0 aromatic carbocycles. The van der Waals surface area contributed by atoms with Crippen LogP contribution in [0.2, 0.25) is 5.02 Å². The first-order valence-electron chi connectivity index (χ1n) is 10.8. The molecule has 0 bridgehead atoms. The van der Waals surface area contributed by atoms with Crippen molar-refractivity contribution in [2.24, 2.45) is 5.92 Å². The summed E-state index contributed by atoms with van der Waals surface area (Å²) in [5.74, 6) is 0.406. The number of aromatic nitrogens is 1. The van der Waals surface area contributed by atoms with Gasteiger partial charge in [0.15, 0.2) is 5.78 Å². The van der Waals surface area contributed by atoms with Gasteiger partial charge in [-0.2, -0.15) is 0 Å². The van der Waals surface area contributed by atoms with Crippen LogP contribution in [0.1, 0.15) is 65.6 Å². The highest BCUT2D eigenvalue weighted by atomic mass is 35.5. The van der Waals surface area contributed by atoms with Crippen molar-refractivity contribution in [3.8, 4) is 0 Å². The number of hydrogen-bond donors (Lipinski definition) is 1. The Balaban J connectivity index is 1.78. The Hall–Kier alpha value is -1.36. The third kappa shape index (κ3) is 4.13. The molecule has 1 saturated carbocycles. The summed E-state index contributed by atoms with van der Waals surface area (Å²) in [6, 6.07) is 5.27. The molecule has 3 rings (SSSR count). The van der Waals surface area contributed by atoms with E-state index in [0.717, 1.165) is 31.4 Å². The highest BCUT2D eigenvalue weighted by Crippen LogP contribution is 2.36. The summed E-state index contributed by atoms with van der Waals surface area (Å²) in [6.07, 6.45) is 6.41. The second kappa shape index (κ2) is 8.12. The van der Waals surface area contributed by atoms with Crippen LogP contribution < -0.4 is 0 Å². The lowest BCUT2D eigenvalue weighted by Crippen LogP contribution is -2.35. The van der Waals surface area contributed by atoms with Crippen molar-refractivity contribution in [3.05, 3.63) is 40.7 Å². The molecule has 1 aliphatic rings. The van der Waals surface area contributed by atoms with E-state index in [9.17, 15) is 9.90 Å². The van der Waals surface area contributed by atoms with E-state index in [-0.39, 0.29) is 18.8 Å². The van der Waals surface area contributed by atoms with Crippen LogP contribution in [0.5, 0.6) is 0 Å². The van der Waals surface area contributed by atoms with E-state index in [1.807, 2.05) is 4.40 Å². The van der Waals surface area contributed by atoms with Crippen molar-refractivity contribution in [2.45, 2.75) is 57.5 Å². The molecule has 142 valence electrons. The molecular weight excluding hydrogens is 350 g/mol. The second-order valence-corrected chi connectivity index (χ2v) is 7.98. The smallest absolute Gasteiger partial charge is 0.165 e. The van der Waals surface area contributed by atoms with E-state index in [1.165, 1.54) is 0 Å². The summed E-state index contributed by atoms with van der Waals surface area (Å²) in [7, 11) is -2.45. The van der Waals surface area contributed by atoms with Gasteiger partial charge < -0.3 is 14.2 Å². The molecule has 0 aliphatic heterocycles. The van der Waals surface area contributed by atoms with Crippen LogP contribution in [0.15, 0.2) is 24.4 Å². The van der Waals surface area contributed by atoms with Crippen molar-refractivity contribution >= 4 is 22.9 Å². The normalized spacial score (nSPS) is 25.7. The van der Waals surface area contributed by atoms with Gasteiger partial charge in [0.2, 0.25) is 0 Å². The molecule has 2 aromatic rings. The average Bonchev–Trinajstić information content (AvgIpc) is 2.99. The van der Waals surface area contributed by atoms with Gasteiger partial charge in [-0.1, -0.05) is 31.4 Å². The minimum absolute atomic E-state index is 0.0143. The van der Waals surface area contributed by atoms with Crippen LogP contribution in [0.25, 0.3) is 5.52 Å². The summed E-state index contributed by atoms with van der Waals surface area (Å²) in [5, 5.41) is 11.3. The van der Waals surface area contributed by atoms with Gasteiger partial charge in [-0.3, -0.25) is 4.79 Å². The molecule has 2 atom stereocenters. The highest BCUT2D eigenvalue weighted by molar-refractivity contribution is 6.35. The molecule has 0 amide bonds. The summed E-state index contributed by atoms with van der Waals surface area (Å²) in [4.78, 5) is 13.0. The standard InChI is InChI=1S/C21H28ClNO3/c1-15-5-3-9-21(25,14-15)10-7-19(24)17-13-16(8-12-26-2)23-11-4-6-18(22)20(17)23/h4,6,11,13,15,25H,3,5,7-10,12,14H2,1-2H3/t15?,21-/m1/s1/i2D3. The number of carbonyl (C=O) groups is 1. The number of rotatable bonds is 7. The minimum atomic E-state index is -2.45. The van der Waals surface area contributed by atoms with E-state index in [1.54, 1.807) is 24.4 Å². The minimum Gasteiger partial charge on any atom is -0.390 e. The monoisotopic (exact) mass is 380 g/mol. The van der Waals surface area contributed by atoms with Crippen LogP contribution in [-0.2, 0) is 11.2 Å². The van der Waals surface area contributed by atoms with Crippen LogP contribution in [0.3, 0.4) is 0 Å². The number of carbonyl (C=O) groups excluding carboxylic acids is 1. The molecule has 1 aliphatic carbocycles. The first kappa shape index (κ1) is 15.7. The van der Waals surface area contributed by atoms with Gasteiger partial charge in [0, 0.05) is 37.3 Å². The zero-order chi connectivity index (χ0) is 21.2. The van der Waals surface area contributed by atoms with E-state index < -0.39 is 12.6 Å². The fraction of sp³-hybridized carbons (Fsp3) is 0.571. The van der Waals surface area contributed by atoms with Crippen LogP contribution in [0, 0.1) is 5.92 Å². The Bertz CT molecular complexity index is 880. The van der Waals surface area contributed by atoms with Gasteiger partial charge in [-0.15, -0.1) is 0 Å². The molecule has 1 fully saturated rings. The largest absolute Gasteiger partial charge is 0.390 e. The number of hydrogen-bond acceptors (Lipinski definition) is 3. The van der Waals surface area contributed by atoms with E-state index in [2.05, 4.69) is 6.92 Å². The molecule has 1 unspecified atom stereocenters. The Morgan fingerprint density at radius 3 is 3.19 bits per heavy atom. The average molecular weight is 381 g/mol. The van der Waals surface area contributed by atoms with Crippen LogP contribution >= 0.6 is 11.6 Å². The van der Waals surface area contributed by atoms with Gasteiger partial charge in [-0.25, -0.2) is 0 Å². The lowest BCUT2D eigenvalue weighted by molar-refractivity contribution is -0.0204. The predicted octanol–water partition coefficient (Wildman–Crippen LogP) is 4.69. The van der Waals surface area contributed by atoms with E-state index >= 15 is 0 Å². The van der Waals surface area contributed by atoms with Crippen molar-refractivity contribution in [1.29, 1.82) is 0 Å². The molecule has 0 spiro atoms. The number of halogens is 1. The maximum absolute atomic E-state index is 13.0. The topological polar surface area (TPSA) is 50.9 Å². The fourth-order valence-corrected chi connectivity index (χ4v) is 4.45. The summed E-state index contributed by atoms with van der Waals surface area (Å²) < 4.78 is 28.2. The predicted molar refractivity (Wildman–Crippen MR) is 104 cm³/mol. The van der Waals surface area contributed by atoms with E-state index in [0.29, 0.717) is 34.9 Å². The number of methoxy groups -OCH3 is 1. The van der Waals surface area contributed by atoms with E-state index in [4.69, 9.17) is 20.5 Å². The summed E-state index contributed by atoms with van der Waals surface area (Å²) >= 11 is 6.38. The van der Waals surface area contributed by atoms with Crippen molar-refractivity contribution < 1.29 is 18.8 Å². The maximum atomic E-state index is 13.0. The Morgan fingerprint density at radius 2 is 2.42 bits per heavy atom. The zero-order valence-electron chi connectivity index (χ0n) is 18.1. The maximum Gasteiger partial charge on any atom is 0.165 e. The number of aliphatic hydroxyl groups is 1. The summed E-state index contributed by atoms with van der Waals surface area (Å²) in [6.45, 7) is 2.15. The molecule has 1 N–H and O–H groups in total. The fourth-order valence-electron chi connectivity index (χ4n) is 4.19. The number of pyridine rings is 1. The van der Waals surface area contributed by atoms with Gasteiger partial charge >= 0.3 is 0 Å². The first-order chi connectivity index (χ1) is 13.6. The van der Waals surface area contributed by atoms with Crippen molar-refractivity contribution in [1.82, 2.24) is 4.40 Å². The summed E-state index contributed by atoms with van der Waals surface area (Å²) in [5.41, 5.74) is 1.11. The number of Topliss-reactive ketones (excluding diaryl/α,β-unsaturated/α-hetero) is 1. The molecule has 5 heteroatoms. The van der Waals surface area contributed by atoms with Gasteiger partial charge in [0.1, 0.15) is 0 Å². The molecule has 2 heterocycles. The Kier molecular flexibility index (Phi) is 4.89. The Morgan fingerprint density at radius 1 is 1.58 bits per heavy atom. The quantitative estimate of drug-likeness (QED) is 0.709. The number of ether oxygens (including phenoxy) is 1. The van der Waals surface area contributed by atoms with Crippen LogP contribution in [-0.4, -0.2) is 34.5 Å². The molecule has 4 nitrogen and oxygen atoms in total. The van der Waals surface area contributed by atoms with Crippen molar-refractivity contribution in [3.63, 3.8) is 0 Å². The molecule has 0 saturated heterocycles. The third-order valence-electron chi connectivity index (χ3n) is 5.47. The van der Waals surface area contributed by atoms with Crippen molar-refractivity contribution in [2.75, 3.05) is 13.6 Å². The molecular formula is C21H28ClNO3. The molecule has 2 aromatic heterocycles. The Labute approximate surface area is 164 Å². The van der Waals surface area contributed by atoms with Gasteiger partial charge in [0.25, 0.3) is 0 Å². The second-order valence-electron chi connectivity index (χ2n) is 7.57. The SMILES string of the molecule is [2H]C([2H])([2H])OCCc1cc(C(=O)CC[C@]2(O)CCCC(C)C2)c2c(Cl)cccn12. The van der Waals surface area contributed by atoms with Gasteiger partial charge in [0.05, 0.1) is 26.9 Å². The lowest BCUT2D eigenvalue weighted by atomic mass is 9.76.